The zero-order valence-electron chi connectivity index (χ0n) is 30.9. The Bertz CT molecular complexity index is 1940. The van der Waals surface area contributed by atoms with Crippen molar-refractivity contribution in [1.29, 1.82) is 0 Å². The van der Waals surface area contributed by atoms with Crippen LogP contribution in [0.5, 0.6) is 0 Å². The average Bonchev–Trinajstić information content (AvgIpc) is 3.67. The fourth-order valence-corrected chi connectivity index (χ4v) is 8.63. The molecule has 0 saturated carbocycles. The number of ether oxygens (including phenoxy) is 1. The van der Waals surface area contributed by atoms with Crippen molar-refractivity contribution in [2.45, 2.75) is 70.3 Å². The second-order valence-electron chi connectivity index (χ2n) is 13.3. The molecule has 328 valence electrons. The van der Waals surface area contributed by atoms with Crippen LogP contribution in [0.1, 0.15) is 39.8 Å². The van der Waals surface area contributed by atoms with Crippen LogP contribution in [0.2, 0.25) is 0 Å². The van der Waals surface area contributed by atoms with Crippen molar-refractivity contribution in [2.75, 3.05) is 37.8 Å². The molecule has 1 fully saturated rings. The molecule has 2 amide bonds. The lowest BCUT2D eigenvalue weighted by Gasteiger charge is -2.30. The van der Waals surface area contributed by atoms with Gasteiger partial charge in [-0.05, 0) is 5.92 Å². The number of hydrogen-bond donors (Lipinski definition) is 11. The number of amides is 2. The van der Waals surface area contributed by atoms with Gasteiger partial charge < -0.3 is 61.7 Å². The first-order valence-corrected chi connectivity index (χ1v) is 22.3. The van der Waals surface area contributed by atoms with Gasteiger partial charge in [0.25, 0.3) is 0 Å². The van der Waals surface area contributed by atoms with E-state index in [1.165, 1.54) is 20.8 Å². The van der Waals surface area contributed by atoms with E-state index in [0.29, 0.717) is 0 Å². The zero-order valence-corrected chi connectivity index (χ0v) is 34.4. The number of nitrogens with zero attached hydrogens (tertiary/aromatic N) is 4. The number of phosphoric ester groups is 3. The number of nitrogen functional groups attached to an aromatic ring is 1. The summed E-state index contributed by atoms with van der Waals surface area (Å²) in [4.78, 5) is 98.5. The average molecular weight is 911 g/mol. The Hall–Kier alpha value is -3.01. The summed E-state index contributed by atoms with van der Waals surface area (Å²) in [6, 6.07) is -1.20. The number of rotatable bonds is 23. The summed E-state index contributed by atoms with van der Waals surface area (Å²) in [5.41, 5.74) is 9.67. The third kappa shape index (κ3) is 14.6. The first-order chi connectivity index (χ1) is 26.7. The number of imidazole rings is 1. The Morgan fingerprint density at radius 3 is 2.34 bits per heavy atom. The molecule has 27 nitrogen and oxygen atoms in total. The molecule has 3 heterocycles. The highest BCUT2D eigenvalue weighted by Crippen LogP contribution is 2.61. The highest BCUT2D eigenvalue weighted by Gasteiger charge is 2.50. The number of carboxylic acids is 1. The monoisotopic (exact) mass is 910 g/mol. The Kier molecular flexibility index (Phi) is 17.4. The van der Waals surface area contributed by atoms with Crippen molar-refractivity contribution in [3.63, 3.8) is 0 Å². The summed E-state index contributed by atoms with van der Waals surface area (Å²) in [6.45, 7) is 1.71. The number of carboxylic acid groups (broad SMARTS) is 1. The smallest absolute Gasteiger partial charge is 0.480 e. The lowest BCUT2D eigenvalue weighted by Crippen LogP contribution is -2.46. The van der Waals surface area contributed by atoms with Gasteiger partial charge in [-0.1, -0.05) is 32.5 Å². The molecule has 0 aliphatic carbocycles. The van der Waals surface area contributed by atoms with Crippen LogP contribution in [-0.2, 0) is 55.5 Å². The molecule has 1 aliphatic heterocycles. The summed E-state index contributed by atoms with van der Waals surface area (Å²) >= 11 is 0.879. The Morgan fingerprint density at radius 1 is 1.05 bits per heavy atom. The van der Waals surface area contributed by atoms with E-state index >= 15 is 0 Å². The highest BCUT2D eigenvalue weighted by atomic mass is 32.2. The van der Waals surface area contributed by atoms with Crippen LogP contribution in [0, 0.1) is 11.3 Å². The number of aliphatic hydroxyl groups excluding tert-OH is 2. The fourth-order valence-electron chi connectivity index (χ4n) is 4.99. The van der Waals surface area contributed by atoms with Gasteiger partial charge in [0.15, 0.2) is 22.8 Å². The molecule has 3 rings (SSSR count). The number of nitrogens with one attached hydrogen (secondary N) is 2. The molecular weight excluding hydrogens is 865 g/mol. The molecule has 0 spiro atoms. The normalized spacial score (nSPS) is 22.4. The van der Waals surface area contributed by atoms with Gasteiger partial charge in [0.05, 0.1) is 19.5 Å². The molecule has 13 N–H and O–H groups in total. The van der Waals surface area contributed by atoms with Gasteiger partial charge in [0.2, 0.25) is 11.8 Å². The van der Waals surface area contributed by atoms with Crippen molar-refractivity contribution >= 4 is 75.1 Å². The maximum Gasteiger partial charge on any atom is 0.481 e. The minimum atomic E-state index is -5.59. The molecule has 0 bridgehead atoms. The van der Waals surface area contributed by atoms with Gasteiger partial charge in [0.1, 0.15) is 42.3 Å². The number of anilines is 1. The van der Waals surface area contributed by atoms with Crippen molar-refractivity contribution in [3.05, 3.63) is 12.7 Å². The maximum atomic E-state index is 12.7. The molecule has 2 aromatic rings. The van der Waals surface area contributed by atoms with E-state index in [2.05, 4.69) is 34.4 Å². The number of aliphatic hydroxyl groups is 2. The van der Waals surface area contributed by atoms with Crippen LogP contribution < -0.4 is 22.1 Å². The molecule has 9 atom stereocenters. The fraction of sp³-hybridized carbons (Fsp3) is 0.667. The largest absolute Gasteiger partial charge is 0.481 e. The minimum Gasteiger partial charge on any atom is -0.480 e. The SMILES string of the molecule is CC(CC(=O)SCCNC(=O)CCNC(=O)C(O)C(C)(C)COP(=O)(O)OP(=O)(O)OCC1OC(n2cnc3c(N)ncnc32)C(O)C1OP(=O)(O)O)C(N)C(=O)O. The number of carbonyl (C=O) groups excluding carboxylic acids is 3. The zero-order chi connectivity index (χ0) is 43.8. The lowest BCUT2D eigenvalue weighted by molar-refractivity contribution is -0.140. The van der Waals surface area contributed by atoms with Crippen LogP contribution in [0.4, 0.5) is 5.82 Å². The van der Waals surface area contributed by atoms with E-state index in [1.807, 2.05) is 0 Å². The van der Waals surface area contributed by atoms with Crippen molar-refractivity contribution < 1.29 is 90.4 Å². The molecule has 58 heavy (non-hydrogen) atoms. The second kappa shape index (κ2) is 20.5. The van der Waals surface area contributed by atoms with Crippen LogP contribution in [0.3, 0.4) is 0 Å². The van der Waals surface area contributed by atoms with E-state index in [9.17, 15) is 62.7 Å². The minimum absolute atomic E-state index is 0.0178. The summed E-state index contributed by atoms with van der Waals surface area (Å²) in [6.07, 6.45) is -7.19. The maximum absolute atomic E-state index is 12.7. The third-order valence-electron chi connectivity index (χ3n) is 8.15. The predicted octanol–water partition coefficient (Wildman–Crippen LogP) is -1.90. The second-order valence-corrected chi connectivity index (χ2v) is 18.7. The number of aliphatic carboxylic acids is 1. The first kappa shape index (κ1) is 49.4. The van der Waals surface area contributed by atoms with Crippen LogP contribution in [-0.4, -0.2) is 140 Å². The van der Waals surface area contributed by atoms with Crippen LogP contribution in [0.15, 0.2) is 12.7 Å². The highest BCUT2D eigenvalue weighted by molar-refractivity contribution is 8.13. The molecule has 9 unspecified atom stereocenters. The molecule has 31 heteroatoms. The van der Waals surface area contributed by atoms with Crippen LogP contribution >= 0.6 is 35.2 Å². The Labute approximate surface area is 333 Å². The molecule has 0 aromatic carbocycles. The van der Waals surface area contributed by atoms with E-state index in [1.54, 1.807) is 0 Å². The quantitative estimate of drug-likeness (QED) is 0.0428. The van der Waals surface area contributed by atoms with Crippen molar-refractivity contribution in [3.8, 4) is 0 Å². The molecule has 1 saturated heterocycles. The summed E-state index contributed by atoms with van der Waals surface area (Å²) in [7, 11) is -16.5. The van der Waals surface area contributed by atoms with E-state index in [4.69, 9.17) is 30.4 Å². The van der Waals surface area contributed by atoms with Crippen LogP contribution in [0.25, 0.3) is 11.2 Å². The van der Waals surface area contributed by atoms with Gasteiger partial charge in [0, 0.05) is 37.1 Å². The standard InChI is InChI=1S/C27H45N8O19P3S/c1-13(17(28)26(41)42)8-16(37)58-7-6-30-15(36)4-5-31-24(40)21(39)27(2,3)10-51-57(48,49)54-56(46,47)50-9-14-20(53-55(43,44)45)19(38)25(52-14)35-12-34-18-22(29)32-11-33-23(18)35/h11-14,17,19-21,25,38-39H,4-10,28H2,1-3H3,(H,30,36)(H,31,40)(H,41,42)(H,46,47)(H,48,49)(H2,29,32,33)(H2,43,44,45). The summed E-state index contributed by atoms with van der Waals surface area (Å²) < 4.78 is 62.0. The van der Waals surface area contributed by atoms with E-state index < -0.39 is 102 Å². The third-order valence-corrected chi connectivity index (χ3v) is 12.1. The van der Waals surface area contributed by atoms with Crippen molar-refractivity contribution in [1.82, 2.24) is 30.2 Å². The summed E-state index contributed by atoms with van der Waals surface area (Å²) in [5, 5.41) is 34.8. The van der Waals surface area contributed by atoms with Gasteiger partial charge in [-0.2, -0.15) is 4.31 Å². The Morgan fingerprint density at radius 2 is 1.71 bits per heavy atom. The lowest BCUT2D eigenvalue weighted by atomic mass is 9.87. The topological polar surface area (TPSA) is 427 Å². The number of nitrogens with two attached hydrogens (primary N) is 2. The molecule has 1 aliphatic rings. The van der Waals surface area contributed by atoms with Gasteiger partial charge in [-0.15, -0.1) is 0 Å². The predicted molar refractivity (Wildman–Crippen MR) is 196 cm³/mol. The number of hydrogen-bond acceptors (Lipinski definition) is 20. The Balaban J connectivity index is 1.46. The molecule has 0 radical (unpaired) electrons. The van der Waals surface area contributed by atoms with Gasteiger partial charge in [-0.25, -0.2) is 28.6 Å². The number of phosphoric acid groups is 3. The number of thioether (sulfide) groups is 1. The van der Waals surface area contributed by atoms with Gasteiger partial charge >= 0.3 is 29.4 Å². The molecular formula is C27H45N8O19P3S. The number of aromatic nitrogens is 4. The first-order valence-electron chi connectivity index (χ1n) is 16.8. The van der Waals surface area contributed by atoms with E-state index in [-0.39, 0.29) is 53.8 Å². The number of carbonyl (C=O) groups is 4. The summed E-state index contributed by atoms with van der Waals surface area (Å²) in [5.74, 6) is -3.24. The van der Waals surface area contributed by atoms with Gasteiger partial charge in [-0.3, -0.25) is 37.3 Å². The van der Waals surface area contributed by atoms with Crippen molar-refractivity contribution in [2.24, 2.45) is 17.1 Å². The van der Waals surface area contributed by atoms with E-state index in [0.717, 1.165) is 29.0 Å². The number of fused-ring (bicyclic) bond motifs is 1. The molecule has 2 aromatic heterocycles.